The number of halogens is 1. The molecule has 0 N–H and O–H groups in total. The van der Waals surface area contributed by atoms with Gasteiger partial charge in [0.05, 0.1) is 12.8 Å². The molecule has 0 atom stereocenters. The first kappa shape index (κ1) is 22.8. The molecule has 1 aliphatic rings. The topological polar surface area (TPSA) is 51.7 Å². The second-order valence-corrected chi connectivity index (χ2v) is 14.7. The van der Waals surface area contributed by atoms with Crippen LogP contribution in [0, 0.1) is 0 Å². The first-order valence-electron chi connectivity index (χ1n) is 10.6. The van der Waals surface area contributed by atoms with Crippen molar-refractivity contribution in [1.29, 1.82) is 0 Å². The van der Waals surface area contributed by atoms with E-state index in [0.29, 0.717) is 34.2 Å². The second-order valence-electron chi connectivity index (χ2n) is 8.70. The molecule has 168 valence electrons. The van der Waals surface area contributed by atoms with Crippen molar-refractivity contribution >= 4 is 42.8 Å². The third-order valence-electron chi connectivity index (χ3n) is 6.02. The predicted octanol–water partition coefficient (Wildman–Crippen LogP) is 6.67. The number of hydrogen-bond acceptors (Lipinski definition) is 5. The largest absolute Gasteiger partial charge is 0.541 e. The van der Waals surface area contributed by atoms with Crippen LogP contribution in [0.5, 0.6) is 11.5 Å². The second kappa shape index (κ2) is 8.88. The van der Waals surface area contributed by atoms with Crippen LogP contribution in [0.4, 0.5) is 5.69 Å². The van der Waals surface area contributed by atoms with Crippen molar-refractivity contribution in [3.8, 4) is 22.1 Å². The lowest BCUT2D eigenvalue weighted by Crippen LogP contribution is -2.38. The van der Waals surface area contributed by atoms with Crippen LogP contribution in [-0.4, -0.2) is 32.9 Å². The van der Waals surface area contributed by atoms with E-state index in [1.54, 1.807) is 12.0 Å². The van der Waals surface area contributed by atoms with Crippen LogP contribution in [0.25, 0.3) is 10.6 Å². The van der Waals surface area contributed by atoms with Gasteiger partial charge in [-0.1, -0.05) is 37.6 Å². The number of fused-ring (bicyclic) bond motifs is 1. The number of methoxy groups -OCH3 is 1. The van der Waals surface area contributed by atoms with Crippen molar-refractivity contribution in [3.05, 3.63) is 58.1 Å². The Balaban J connectivity index is 1.61. The van der Waals surface area contributed by atoms with Crippen LogP contribution in [-0.2, 0) is 6.42 Å². The van der Waals surface area contributed by atoms with Gasteiger partial charge in [0.2, 0.25) is 8.32 Å². The molecule has 0 saturated heterocycles. The van der Waals surface area contributed by atoms with Crippen LogP contribution < -0.4 is 14.1 Å². The lowest BCUT2D eigenvalue weighted by atomic mass is 10.1. The predicted molar refractivity (Wildman–Crippen MR) is 134 cm³/mol. The molecule has 3 aromatic rings. The van der Waals surface area contributed by atoms with Crippen molar-refractivity contribution in [3.63, 3.8) is 0 Å². The van der Waals surface area contributed by atoms with E-state index in [0.717, 1.165) is 27.7 Å². The maximum absolute atomic E-state index is 13.3. The normalized spacial score (nSPS) is 14.0. The number of thiazole rings is 1. The molecule has 1 aliphatic heterocycles. The van der Waals surface area contributed by atoms with Gasteiger partial charge in [-0.05, 0) is 42.9 Å². The summed E-state index contributed by atoms with van der Waals surface area (Å²) in [6.45, 7) is 9.34. The van der Waals surface area contributed by atoms with Crippen LogP contribution in [0.3, 0.4) is 0 Å². The van der Waals surface area contributed by atoms with E-state index in [4.69, 9.17) is 25.7 Å². The quantitative estimate of drug-likeness (QED) is 0.365. The highest BCUT2D eigenvalue weighted by Crippen LogP contribution is 2.38. The number of carbonyl (C=O) groups excluding carboxylic acids is 1. The van der Waals surface area contributed by atoms with Gasteiger partial charge in [0.15, 0.2) is 5.75 Å². The van der Waals surface area contributed by atoms with E-state index in [1.807, 2.05) is 42.5 Å². The van der Waals surface area contributed by atoms with Gasteiger partial charge >= 0.3 is 0 Å². The van der Waals surface area contributed by atoms with Gasteiger partial charge in [0.25, 0.3) is 5.91 Å². The monoisotopic (exact) mass is 486 g/mol. The molecule has 0 radical (unpaired) electrons. The summed E-state index contributed by atoms with van der Waals surface area (Å²) < 4.78 is 12.0. The highest BCUT2D eigenvalue weighted by molar-refractivity contribution is 7.17. The third-order valence-corrected chi connectivity index (χ3v) is 10.9. The Bertz CT molecular complexity index is 1140. The maximum atomic E-state index is 13.3. The van der Waals surface area contributed by atoms with Crippen molar-refractivity contribution in [2.75, 3.05) is 18.6 Å². The van der Waals surface area contributed by atoms with E-state index in [9.17, 15) is 4.79 Å². The molecule has 0 fully saturated rings. The minimum absolute atomic E-state index is 0.0310. The van der Waals surface area contributed by atoms with Crippen molar-refractivity contribution in [2.24, 2.45) is 0 Å². The summed E-state index contributed by atoms with van der Waals surface area (Å²) in [5.41, 5.74) is 3.09. The standard InChI is InChI=1S/C24H27ClN2O3SSi/c1-15(2)32(4,5)30-20-11-10-18(14-21(20)29-3)27-13-12-19-22(24(27)28)31-23(26-19)16-6-8-17(25)9-7-16/h6-11,14-15H,12-13H2,1-5H3. The van der Waals surface area contributed by atoms with Crippen molar-refractivity contribution in [2.45, 2.75) is 38.9 Å². The van der Waals surface area contributed by atoms with Crippen LogP contribution >= 0.6 is 22.9 Å². The third kappa shape index (κ3) is 4.42. The molecular formula is C24H27ClN2O3SSi. The highest BCUT2D eigenvalue weighted by Gasteiger charge is 2.32. The maximum Gasteiger partial charge on any atom is 0.270 e. The summed E-state index contributed by atoms with van der Waals surface area (Å²) in [5, 5.41) is 1.52. The van der Waals surface area contributed by atoms with E-state index in [2.05, 4.69) is 26.9 Å². The molecule has 1 amide bonds. The zero-order chi connectivity index (χ0) is 23.0. The Hall–Kier alpha value is -2.35. The molecule has 2 aromatic carbocycles. The van der Waals surface area contributed by atoms with E-state index >= 15 is 0 Å². The summed E-state index contributed by atoms with van der Waals surface area (Å²) in [5.74, 6) is 1.35. The van der Waals surface area contributed by atoms with Crippen LogP contribution in [0.2, 0.25) is 23.7 Å². The minimum atomic E-state index is -1.90. The van der Waals surface area contributed by atoms with Crippen LogP contribution in [0.1, 0.15) is 29.2 Å². The molecule has 0 bridgehead atoms. The van der Waals surface area contributed by atoms with Crippen molar-refractivity contribution in [1.82, 2.24) is 4.98 Å². The number of anilines is 1. The molecule has 32 heavy (non-hydrogen) atoms. The fraction of sp³-hybridized carbons (Fsp3) is 0.333. The molecular weight excluding hydrogens is 460 g/mol. The average molecular weight is 487 g/mol. The van der Waals surface area contributed by atoms with Crippen molar-refractivity contribution < 1.29 is 14.0 Å². The summed E-state index contributed by atoms with van der Waals surface area (Å²) >= 11 is 7.43. The highest BCUT2D eigenvalue weighted by atomic mass is 35.5. The summed E-state index contributed by atoms with van der Waals surface area (Å²) in [6, 6.07) is 13.3. The average Bonchev–Trinajstić information content (AvgIpc) is 3.20. The molecule has 0 saturated carbocycles. The van der Waals surface area contributed by atoms with E-state index in [-0.39, 0.29) is 5.91 Å². The Morgan fingerprint density at radius 3 is 2.50 bits per heavy atom. The van der Waals surface area contributed by atoms with Gasteiger partial charge in [-0.25, -0.2) is 4.98 Å². The number of benzene rings is 2. The van der Waals surface area contributed by atoms with E-state index in [1.165, 1.54) is 11.3 Å². The summed E-state index contributed by atoms with van der Waals surface area (Å²) in [4.78, 5) is 20.5. The van der Waals surface area contributed by atoms with E-state index < -0.39 is 8.32 Å². The Morgan fingerprint density at radius 1 is 1.12 bits per heavy atom. The van der Waals surface area contributed by atoms with Gasteiger partial charge in [0, 0.05) is 35.3 Å². The number of carbonyl (C=O) groups is 1. The summed E-state index contributed by atoms with van der Waals surface area (Å²) in [7, 11) is -0.263. The van der Waals surface area contributed by atoms with Crippen LogP contribution in [0.15, 0.2) is 42.5 Å². The fourth-order valence-corrected chi connectivity index (χ4v) is 5.57. The number of hydrogen-bond donors (Lipinski definition) is 0. The Morgan fingerprint density at radius 2 is 1.84 bits per heavy atom. The zero-order valence-electron chi connectivity index (χ0n) is 18.9. The molecule has 4 rings (SSSR count). The first-order valence-corrected chi connectivity index (χ1v) is 14.8. The smallest absolute Gasteiger partial charge is 0.270 e. The fourth-order valence-electron chi connectivity index (χ4n) is 3.40. The number of ether oxygens (including phenoxy) is 1. The lowest BCUT2D eigenvalue weighted by molar-refractivity contribution is 0.0984. The van der Waals surface area contributed by atoms with Gasteiger partial charge < -0.3 is 14.1 Å². The lowest BCUT2D eigenvalue weighted by Gasteiger charge is -2.30. The van der Waals surface area contributed by atoms with Gasteiger partial charge in [0.1, 0.15) is 15.6 Å². The molecule has 0 unspecified atom stereocenters. The number of aromatic nitrogens is 1. The molecule has 0 spiro atoms. The molecule has 5 nitrogen and oxygen atoms in total. The van der Waals surface area contributed by atoms with Gasteiger partial charge in [-0.2, -0.15) is 0 Å². The Kier molecular flexibility index (Phi) is 6.34. The minimum Gasteiger partial charge on any atom is -0.541 e. The number of rotatable bonds is 6. The molecule has 2 heterocycles. The zero-order valence-corrected chi connectivity index (χ0v) is 21.5. The van der Waals surface area contributed by atoms with Gasteiger partial charge in [-0.3, -0.25) is 4.79 Å². The number of nitrogens with zero attached hydrogens (tertiary/aromatic N) is 2. The summed E-state index contributed by atoms with van der Waals surface area (Å²) in [6.07, 6.45) is 0.707. The Labute approximate surface area is 199 Å². The molecule has 0 aliphatic carbocycles. The number of amides is 1. The SMILES string of the molecule is COc1cc(N2CCc3nc(-c4ccc(Cl)cc4)sc3C2=O)ccc1O[Si](C)(C)C(C)C. The first-order chi connectivity index (χ1) is 15.2. The molecule has 1 aromatic heterocycles. The van der Waals surface area contributed by atoms with Gasteiger partial charge in [-0.15, -0.1) is 11.3 Å². The molecule has 8 heteroatoms.